The Kier molecular flexibility index (Phi) is 4.78. The highest BCUT2D eigenvalue weighted by atomic mass is 16.5. The molecule has 3 heteroatoms. The molecular formula is C13H25NO2. The first-order valence-electron chi connectivity index (χ1n) is 6.42. The van der Waals surface area contributed by atoms with Crippen LogP contribution in [-0.2, 0) is 9.53 Å². The van der Waals surface area contributed by atoms with Gasteiger partial charge in [0.05, 0.1) is 6.61 Å². The molecule has 0 heterocycles. The second-order valence-corrected chi connectivity index (χ2v) is 5.43. The predicted molar refractivity (Wildman–Crippen MR) is 65.2 cm³/mol. The van der Waals surface area contributed by atoms with E-state index in [4.69, 9.17) is 4.74 Å². The third kappa shape index (κ3) is 3.21. The van der Waals surface area contributed by atoms with Gasteiger partial charge in [0.15, 0.2) is 0 Å². The lowest BCUT2D eigenvalue weighted by Gasteiger charge is -2.29. The number of rotatable bonds is 5. The zero-order valence-corrected chi connectivity index (χ0v) is 11.0. The van der Waals surface area contributed by atoms with Gasteiger partial charge >= 0.3 is 5.97 Å². The first kappa shape index (κ1) is 13.5. The van der Waals surface area contributed by atoms with Crippen LogP contribution in [0.2, 0.25) is 0 Å². The van der Waals surface area contributed by atoms with E-state index >= 15 is 0 Å². The number of hydrogen-bond donors (Lipinski definition) is 1. The first-order chi connectivity index (χ1) is 7.50. The molecule has 2 unspecified atom stereocenters. The quantitative estimate of drug-likeness (QED) is 0.733. The molecule has 1 aliphatic carbocycles. The normalized spacial score (nSPS) is 29.7. The highest BCUT2D eigenvalue weighted by Crippen LogP contribution is 2.35. The summed E-state index contributed by atoms with van der Waals surface area (Å²) in [6.45, 7) is 9.74. The molecule has 0 aliphatic heterocycles. The predicted octanol–water partition coefficient (Wildman–Crippen LogP) is 2.35. The maximum Gasteiger partial charge on any atom is 0.326 e. The van der Waals surface area contributed by atoms with Crippen LogP contribution in [0.15, 0.2) is 0 Å². The van der Waals surface area contributed by atoms with Crippen molar-refractivity contribution in [3.05, 3.63) is 0 Å². The van der Waals surface area contributed by atoms with Gasteiger partial charge in [-0.2, -0.15) is 0 Å². The average Bonchev–Trinajstić information content (AvgIpc) is 2.59. The van der Waals surface area contributed by atoms with Crippen LogP contribution in [0.4, 0.5) is 0 Å². The summed E-state index contributed by atoms with van der Waals surface area (Å²) in [4.78, 5) is 12.0. The van der Waals surface area contributed by atoms with Crippen molar-refractivity contribution in [1.82, 2.24) is 5.32 Å². The summed E-state index contributed by atoms with van der Waals surface area (Å²) in [6, 6.07) is 0. The molecule has 3 nitrogen and oxygen atoms in total. The van der Waals surface area contributed by atoms with E-state index in [1.54, 1.807) is 0 Å². The number of ether oxygens (including phenoxy) is 1. The van der Waals surface area contributed by atoms with Gasteiger partial charge in [-0.15, -0.1) is 0 Å². The van der Waals surface area contributed by atoms with E-state index in [1.165, 1.54) is 0 Å². The van der Waals surface area contributed by atoms with E-state index in [1.807, 2.05) is 6.92 Å². The van der Waals surface area contributed by atoms with Gasteiger partial charge in [-0.3, -0.25) is 4.79 Å². The summed E-state index contributed by atoms with van der Waals surface area (Å²) in [6.07, 6.45) is 2.95. The van der Waals surface area contributed by atoms with Gasteiger partial charge in [-0.25, -0.2) is 0 Å². The summed E-state index contributed by atoms with van der Waals surface area (Å²) in [5.41, 5.74) is -0.403. The van der Waals surface area contributed by atoms with E-state index in [0.717, 1.165) is 25.8 Å². The Morgan fingerprint density at radius 2 is 2.25 bits per heavy atom. The fourth-order valence-corrected chi connectivity index (χ4v) is 2.38. The van der Waals surface area contributed by atoms with Crippen molar-refractivity contribution >= 4 is 5.97 Å². The van der Waals surface area contributed by atoms with Gasteiger partial charge in [0, 0.05) is 0 Å². The Bertz CT molecular complexity index is 240. The molecule has 0 amide bonds. The molecule has 94 valence electrons. The van der Waals surface area contributed by atoms with Crippen LogP contribution in [0.1, 0.15) is 47.0 Å². The number of carbonyl (C=O) groups excluding carboxylic acids is 1. The molecule has 0 bridgehead atoms. The standard InChI is InChI=1S/C13H25NO2/c1-5-16-12(15)13(14-9-10(2)3)7-6-11(4)8-13/h10-11,14H,5-9H2,1-4H3. The molecule has 0 aromatic rings. The van der Waals surface area contributed by atoms with Crippen LogP contribution < -0.4 is 5.32 Å². The minimum atomic E-state index is -0.403. The maximum atomic E-state index is 12.0. The Morgan fingerprint density at radius 3 is 2.69 bits per heavy atom. The van der Waals surface area contributed by atoms with E-state index in [0.29, 0.717) is 18.4 Å². The largest absolute Gasteiger partial charge is 0.465 e. The lowest BCUT2D eigenvalue weighted by molar-refractivity contribution is -0.151. The van der Waals surface area contributed by atoms with Crippen molar-refractivity contribution in [2.24, 2.45) is 11.8 Å². The van der Waals surface area contributed by atoms with E-state index < -0.39 is 5.54 Å². The molecule has 0 spiro atoms. The molecule has 1 fully saturated rings. The zero-order valence-electron chi connectivity index (χ0n) is 11.0. The van der Waals surface area contributed by atoms with Crippen molar-refractivity contribution in [1.29, 1.82) is 0 Å². The van der Waals surface area contributed by atoms with Gasteiger partial charge in [0.2, 0.25) is 0 Å². The van der Waals surface area contributed by atoms with Gasteiger partial charge in [-0.1, -0.05) is 20.8 Å². The SMILES string of the molecule is CCOC(=O)C1(NCC(C)C)CCC(C)C1. The van der Waals surface area contributed by atoms with E-state index in [9.17, 15) is 4.79 Å². The molecule has 0 aromatic carbocycles. The topological polar surface area (TPSA) is 38.3 Å². The van der Waals surface area contributed by atoms with Crippen LogP contribution >= 0.6 is 0 Å². The monoisotopic (exact) mass is 227 g/mol. The molecule has 0 radical (unpaired) electrons. The molecule has 0 aromatic heterocycles. The minimum Gasteiger partial charge on any atom is -0.465 e. The number of carbonyl (C=O) groups is 1. The summed E-state index contributed by atoms with van der Waals surface area (Å²) >= 11 is 0. The third-order valence-corrected chi connectivity index (χ3v) is 3.28. The molecular weight excluding hydrogens is 202 g/mol. The Labute approximate surface area is 98.9 Å². The smallest absolute Gasteiger partial charge is 0.326 e. The second kappa shape index (κ2) is 5.67. The Hall–Kier alpha value is -0.570. The van der Waals surface area contributed by atoms with Gasteiger partial charge < -0.3 is 10.1 Å². The number of hydrogen-bond acceptors (Lipinski definition) is 3. The third-order valence-electron chi connectivity index (χ3n) is 3.28. The molecule has 2 atom stereocenters. The molecule has 1 N–H and O–H groups in total. The van der Waals surface area contributed by atoms with Crippen molar-refractivity contribution in [3.63, 3.8) is 0 Å². The highest BCUT2D eigenvalue weighted by Gasteiger charge is 2.44. The van der Waals surface area contributed by atoms with Gasteiger partial charge in [0.1, 0.15) is 5.54 Å². The van der Waals surface area contributed by atoms with Crippen LogP contribution in [0.25, 0.3) is 0 Å². The van der Waals surface area contributed by atoms with Crippen molar-refractivity contribution < 1.29 is 9.53 Å². The molecule has 1 rings (SSSR count). The van der Waals surface area contributed by atoms with Crippen LogP contribution in [-0.4, -0.2) is 24.7 Å². The maximum absolute atomic E-state index is 12.0. The van der Waals surface area contributed by atoms with E-state index in [-0.39, 0.29) is 5.97 Å². The van der Waals surface area contributed by atoms with Crippen LogP contribution in [0, 0.1) is 11.8 Å². The van der Waals surface area contributed by atoms with Crippen molar-refractivity contribution in [2.45, 2.75) is 52.5 Å². The van der Waals surface area contributed by atoms with E-state index in [2.05, 4.69) is 26.1 Å². The first-order valence-corrected chi connectivity index (χ1v) is 6.42. The van der Waals surface area contributed by atoms with Crippen LogP contribution in [0.3, 0.4) is 0 Å². The lowest BCUT2D eigenvalue weighted by Crippen LogP contribution is -2.52. The van der Waals surface area contributed by atoms with Crippen LogP contribution in [0.5, 0.6) is 0 Å². The Balaban J connectivity index is 2.65. The lowest BCUT2D eigenvalue weighted by atomic mass is 9.95. The average molecular weight is 227 g/mol. The number of nitrogens with one attached hydrogen (secondary N) is 1. The number of esters is 1. The zero-order chi connectivity index (χ0) is 12.2. The Morgan fingerprint density at radius 1 is 1.56 bits per heavy atom. The molecule has 1 aliphatic rings. The van der Waals surface area contributed by atoms with Gasteiger partial charge in [0.25, 0.3) is 0 Å². The van der Waals surface area contributed by atoms with Crippen molar-refractivity contribution in [2.75, 3.05) is 13.2 Å². The summed E-state index contributed by atoms with van der Waals surface area (Å²) in [5, 5.41) is 3.44. The second-order valence-electron chi connectivity index (χ2n) is 5.43. The highest BCUT2D eigenvalue weighted by molar-refractivity contribution is 5.81. The summed E-state index contributed by atoms with van der Waals surface area (Å²) in [7, 11) is 0. The molecule has 0 saturated heterocycles. The molecule has 16 heavy (non-hydrogen) atoms. The molecule has 1 saturated carbocycles. The fraction of sp³-hybridized carbons (Fsp3) is 0.923. The fourth-order valence-electron chi connectivity index (χ4n) is 2.38. The van der Waals surface area contributed by atoms with Gasteiger partial charge in [-0.05, 0) is 44.6 Å². The summed E-state index contributed by atoms with van der Waals surface area (Å²) in [5.74, 6) is 1.12. The van der Waals surface area contributed by atoms with Crippen molar-refractivity contribution in [3.8, 4) is 0 Å². The summed E-state index contributed by atoms with van der Waals surface area (Å²) < 4.78 is 5.21. The minimum absolute atomic E-state index is 0.0556.